The number of benzene rings is 2. The summed E-state index contributed by atoms with van der Waals surface area (Å²) >= 11 is 0. The van der Waals surface area contributed by atoms with Crippen LogP contribution in [0.15, 0.2) is 59.7 Å². The quantitative estimate of drug-likeness (QED) is 0.449. The number of aryl methyl sites for hydroxylation is 2. The number of nitrogens with zero attached hydrogens (tertiary/aromatic N) is 3. The number of anilines is 1. The molecule has 1 N–H and O–H groups in total. The number of hydrazone groups is 1. The summed E-state index contributed by atoms with van der Waals surface area (Å²) in [4.78, 5) is 14.9. The molecule has 0 radical (unpaired) electrons. The highest BCUT2D eigenvalue weighted by atomic mass is 16.5. The van der Waals surface area contributed by atoms with Gasteiger partial charge in [-0.1, -0.05) is 0 Å². The molecular weight excluding hydrogens is 400 g/mol. The molecule has 32 heavy (non-hydrogen) atoms. The number of hydrogen-bond donors (Lipinski definition) is 1. The zero-order valence-electron chi connectivity index (χ0n) is 19.0. The first-order valence-corrected chi connectivity index (χ1v) is 11.1. The largest absolute Gasteiger partial charge is 0.496 e. The Kier molecular flexibility index (Phi) is 6.59. The van der Waals surface area contributed by atoms with Gasteiger partial charge < -0.3 is 14.2 Å². The molecule has 0 atom stereocenters. The van der Waals surface area contributed by atoms with Crippen LogP contribution in [0.3, 0.4) is 0 Å². The van der Waals surface area contributed by atoms with E-state index in [1.165, 1.54) is 19.3 Å². The SMILES string of the molecule is COc1cc(N2CCCCC2)ccc1/C=N\NC(=O)c1ccc(-n2c(C)ccc2C)cc1. The van der Waals surface area contributed by atoms with Crippen molar-refractivity contribution in [2.45, 2.75) is 33.1 Å². The Labute approximate surface area is 189 Å². The summed E-state index contributed by atoms with van der Waals surface area (Å²) in [5.74, 6) is 0.491. The van der Waals surface area contributed by atoms with Gasteiger partial charge in [0.2, 0.25) is 0 Å². The fourth-order valence-electron chi connectivity index (χ4n) is 4.22. The molecule has 1 aromatic heterocycles. The Hall–Kier alpha value is -3.54. The molecule has 6 nitrogen and oxygen atoms in total. The van der Waals surface area contributed by atoms with Crippen LogP contribution in [0.1, 0.15) is 46.6 Å². The van der Waals surface area contributed by atoms with Gasteiger partial charge in [0.05, 0.1) is 13.3 Å². The Morgan fingerprint density at radius 2 is 1.59 bits per heavy atom. The third-order valence-corrected chi connectivity index (χ3v) is 5.97. The number of carbonyl (C=O) groups excluding carboxylic acids is 1. The molecule has 2 aromatic carbocycles. The predicted molar refractivity (Wildman–Crippen MR) is 129 cm³/mol. The standard InChI is InChI=1S/C26H30N4O2/c1-19-7-8-20(2)30(19)23-12-9-21(10-13-23)26(31)28-27-18-22-11-14-24(17-25(22)32-3)29-15-5-4-6-16-29/h7-14,17-18H,4-6,15-16H2,1-3H3,(H,28,31)/b27-18-. The van der Waals surface area contributed by atoms with Crippen LogP contribution < -0.4 is 15.1 Å². The molecule has 1 fully saturated rings. The van der Waals surface area contributed by atoms with Gasteiger partial charge >= 0.3 is 0 Å². The van der Waals surface area contributed by atoms with Gasteiger partial charge in [-0.2, -0.15) is 5.10 Å². The highest BCUT2D eigenvalue weighted by molar-refractivity contribution is 5.95. The van der Waals surface area contributed by atoms with E-state index in [2.05, 4.69) is 52.0 Å². The normalized spacial score (nSPS) is 14.0. The van der Waals surface area contributed by atoms with E-state index in [1.54, 1.807) is 13.3 Å². The number of aromatic nitrogens is 1. The molecule has 3 aromatic rings. The lowest BCUT2D eigenvalue weighted by atomic mass is 10.1. The Morgan fingerprint density at radius 1 is 0.938 bits per heavy atom. The van der Waals surface area contributed by atoms with Gasteiger partial charge in [0.1, 0.15) is 5.75 Å². The van der Waals surface area contributed by atoms with E-state index < -0.39 is 0 Å². The third kappa shape index (κ3) is 4.69. The van der Waals surface area contributed by atoms with Gasteiger partial charge in [-0.25, -0.2) is 5.43 Å². The van der Waals surface area contributed by atoms with E-state index in [-0.39, 0.29) is 5.91 Å². The van der Waals surface area contributed by atoms with Gasteiger partial charge in [0, 0.05) is 53.0 Å². The average Bonchev–Trinajstić information content (AvgIpc) is 3.17. The molecule has 0 bridgehead atoms. The minimum atomic E-state index is -0.252. The zero-order valence-corrected chi connectivity index (χ0v) is 19.0. The van der Waals surface area contributed by atoms with Crippen LogP contribution in [-0.4, -0.2) is 36.9 Å². The number of amides is 1. The van der Waals surface area contributed by atoms with Crippen LogP contribution >= 0.6 is 0 Å². The van der Waals surface area contributed by atoms with Crippen molar-refractivity contribution in [3.05, 3.63) is 77.1 Å². The van der Waals surface area contributed by atoms with Crippen molar-refractivity contribution >= 4 is 17.8 Å². The molecule has 2 heterocycles. The van der Waals surface area contributed by atoms with E-state index in [0.29, 0.717) is 5.56 Å². The highest BCUT2D eigenvalue weighted by Crippen LogP contribution is 2.27. The van der Waals surface area contributed by atoms with Crippen LogP contribution in [0.2, 0.25) is 0 Å². The topological polar surface area (TPSA) is 58.9 Å². The van der Waals surface area contributed by atoms with Crippen molar-refractivity contribution in [3.8, 4) is 11.4 Å². The highest BCUT2D eigenvalue weighted by Gasteiger charge is 2.13. The van der Waals surface area contributed by atoms with Crippen molar-refractivity contribution in [3.63, 3.8) is 0 Å². The number of ether oxygens (including phenoxy) is 1. The summed E-state index contributed by atoms with van der Waals surface area (Å²) in [5, 5.41) is 4.15. The van der Waals surface area contributed by atoms with Crippen LogP contribution in [0, 0.1) is 13.8 Å². The first-order valence-electron chi connectivity index (χ1n) is 11.1. The molecule has 6 heteroatoms. The van der Waals surface area contributed by atoms with Crippen molar-refractivity contribution < 1.29 is 9.53 Å². The summed E-state index contributed by atoms with van der Waals surface area (Å²) in [6.45, 7) is 6.29. The lowest BCUT2D eigenvalue weighted by Crippen LogP contribution is -2.29. The van der Waals surface area contributed by atoms with Crippen LogP contribution in [0.25, 0.3) is 5.69 Å². The second kappa shape index (κ2) is 9.73. The molecular formula is C26H30N4O2. The number of methoxy groups -OCH3 is 1. The molecule has 0 unspecified atom stereocenters. The van der Waals surface area contributed by atoms with Crippen molar-refractivity contribution in [1.82, 2.24) is 9.99 Å². The van der Waals surface area contributed by atoms with Gasteiger partial charge in [0.15, 0.2) is 0 Å². The number of piperidine rings is 1. The summed E-state index contributed by atoms with van der Waals surface area (Å²) in [7, 11) is 1.65. The maximum atomic E-state index is 12.5. The van der Waals surface area contributed by atoms with Gasteiger partial charge in [-0.05, 0) is 81.6 Å². The minimum Gasteiger partial charge on any atom is -0.496 e. The molecule has 1 aliphatic rings. The monoisotopic (exact) mass is 430 g/mol. The summed E-state index contributed by atoms with van der Waals surface area (Å²) < 4.78 is 7.71. The van der Waals surface area contributed by atoms with E-state index in [9.17, 15) is 4.79 Å². The smallest absolute Gasteiger partial charge is 0.271 e. The predicted octanol–water partition coefficient (Wildman–Crippen LogP) is 4.86. The molecule has 166 valence electrons. The number of carbonyl (C=O) groups is 1. The van der Waals surface area contributed by atoms with Gasteiger partial charge in [0.25, 0.3) is 5.91 Å². The maximum Gasteiger partial charge on any atom is 0.271 e. The van der Waals surface area contributed by atoms with Crippen molar-refractivity contribution in [2.24, 2.45) is 5.10 Å². The molecule has 0 aliphatic carbocycles. The van der Waals surface area contributed by atoms with E-state index in [0.717, 1.165) is 47.2 Å². The molecule has 1 saturated heterocycles. The molecule has 1 amide bonds. The van der Waals surface area contributed by atoms with Crippen molar-refractivity contribution in [2.75, 3.05) is 25.1 Å². The summed E-state index contributed by atoms with van der Waals surface area (Å²) in [5.41, 5.74) is 8.50. The Bertz CT molecular complexity index is 1090. The fraction of sp³-hybridized carbons (Fsp3) is 0.308. The van der Waals surface area contributed by atoms with E-state index in [1.807, 2.05) is 36.4 Å². The van der Waals surface area contributed by atoms with E-state index in [4.69, 9.17) is 4.74 Å². The van der Waals surface area contributed by atoms with Crippen LogP contribution in [0.5, 0.6) is 5.75 Å². The summed E-state index contributed by atoms with van der Waals surface area (Å²) in [6, 6.07) is 17.8. The molecule has 1 aliphatic heterocycles. The first-order chi connectivity index (χ1) is 15.6. The number of hydrogen-bond acceptors (Lipinski definition) is 4. The summed E-state index contributed by atoms with van der Waals surface area (Å²) in [6.07, 6.45) is 5.37. The minimum absolute atomic E-state index is 0.252. The Morgan fingerprint density at radius 3 is 2.25 bits per heavy atom. The lowest BCUT2D eigenvalue weighted by molar-refractivity contribution is 0.0955. The third-order valence-electron chi connectivity index (χ3n) is 5.97. The van der Waals surface area contributed by atoms with Crippen LogP contribution in [0.4, 0.5) is 5.69 Å². The van der Waals surface area contributed by atoms with E-state index >= 15 is 0 Å². The van der Waals surface area contributed by atoms with Crippen LogP contribution in [-0.2, 0) is 0 Å². The molecule has 4 rings (SSSR count). The number of nitrogens with one attached hydrogen (secondary N) is 1. The van der Waals surface area contributed by atoms with Gasteiger partial charge in [-0.3, -0.25) is 4.79 Å². The molecule has 0 spiro atoms. The molecule has 0 saturated carbocycles. The average molecular weight is 431 g/mol. The lowest BCUT2D eigenvalue weighted by Gasteiger charge is -2.29. The zero-order chi connectivity index (χ0) is 22.5. The Balaban J connectivity index is 1.41. The van der Waals surface area contributed by atoms with Crippen molar-refractivity contribution in [1.29, 1.82) is 0 Å². The first kappa shape index (κ1) is 21.7. The van der Waals surface area contributed by atoms with Gasteiger partial charge in [-0.15, -0.1) is 0 Å². The maximum absolute atomic E-state index is 12.5. The number of rotatable bonds is 6. The fourth-order valence-corrected chi connectivity index (χ4v) is 4.22. The second-order valence-electron chi connectivity index (χ2n) is 8.17. The second-order valence-corrected chi connectivity index (χ2v) is 8.17.